The monoisotopic (exact) mass is 277 g/mol. The minimum atomic E-state index is -0.640. The van der Waals surface area contributed by atoms with Crippen molar-refractivity contribution in [3.63, 3.8) is 0 Å². The average Bonchev–Trinajstić information content (AvgIpc) is 2.46. The molecular weight excluding hydrogens is 264 g/mol. The van der Waals surface area contributed by atoms with Crippen LogP contribution in [-0.4, -0.2) is 11.0 Å². The molecule has 0 aliphatic heterocycles. The molecule has 0 amide bonds. The highest BCUT2D eigenvalue weighted by atomic mass is 19.1. The molecular formula is C14H13F2N3O. The molecule has 104 valence electrons. The van der Waals surface area contributed by atoms with Gasteiger partial charge < -0.3 is 16.3 Å². The van der Waals surface area contributed by atoms with E-state index in [9.17, 15) is 8.78 Å². The minimum Gasteiger partial charge on any atom is -0.409 e. The molecule has 0 heterocycles. The maximum absolute atomic E-state index is 13.4. The molecule has 6 heteroatoms. The van der Waals surface area contributed by atoms with Crippen molar-refractivity contribution in [3.8, 4) is 0 Å². The Morgan fingerprint density at radius 1 is 1.15 bits per heavy atom. The fourth-order valence-electron chi connectivity index (χ4n) is 1.68. The summed E-state index contributed by atoms with van der Waals surface area (Å²) in [6.45, 7) is 0.374. The van der Waals surface area contributed by atoms with E-state index in [0.29, 0.717) is 12.1 Å². The van der Waals surface area contributed by atoms with Gasteiger partial charge in [-0.1, -0.05) is 29.4 Å². The van der Waals surface area contributed by atoms with Gasteiger partial charge in [-0.15, -0.1) is 0 Å². The smallest absolute Gasteiger partial charge is 0.170 e. The molecule has 0 radical (unpaired) electrons. The zero-order valence-corrected chi connectivity index (χ0v) is 10.5. The van der Waals surface area contributed by atoms with Crippen LogP contribution in [0, 0.1) is 11.6 Å². The highest BCUT2D eigenvalue weighted by Crippen LogP contribution is 2.16. The van der Waals surface area contributed by atoms with Crippen LogP contribution in [-0.2, 0) is 6.54 Å². The molecule has 0 aliphatic rings. The number of rotatable bonds is 4. The van der Waals surface area contributed by atoms with E-state index in [0.717, 1.165) is 11.6 Å². The molecule has 0 aromatic heterocycles. The summed E-state index contributed by atoms with van der Waals surface area (Å²) >= 11 is 0. The Bertz CT molecular complexity index is 627. The second-order valence-corrected chi connectivity index (χ2v) is 4.16. The molecule has 0 atom stereocenters. The van der Waals surface area contributed by atoms with Crippen LogP contribution in [0.4, 0.5) is 14.5 Å². The van der Waals surface area contributed by atoms with Crippen LogP contribution in [0.2, 0.25) is 0 Å². The summed E-state index contributed by atoms with van der Waals surface area (Å²) in [5, 5.41) is 14.3. The van der Waals surface area contributed by atoms with Crippen LogP contribution >= 0.6 is 0 Å². The molecule has 20 heavy (non-hydrogen) atoms. The number of nitrogens with zero attached hydrogens (tertiary/aromatic N) is 1. The van der Waals surface area contributed by atoms with Crippen molar-refractivity contribution >= 4 is 11.5 Å². The molecule has 2 aromatic carbocycles. The van der Waals surface area contributed by atoms with Crippen molar-refractivity contribution in [1.29, 1.82) is 0 Å². The van der Waals surface area contributed by atoms with E-state index in [1.165, 1.54) is 12.1 Å². The second kappa shape index (κ2) is 6.01. The summed E-state index contributed by atoms with van der Waals surface area (Å²) in [7, 11) is 0. The molecule has 2 rings (SSSR count). The fraction of sp³-hybridized carbons (Fsp3) is 0.0714. The van der Waals surface area contributed by atoms with Gasteiger partial charge in [-0.25, -0.2) is 8.78 Å². The summed E-state index contributed by atoms with van der Waals surface area (Å²) in [4.78, 5) is 0. The quantitative estimate of drug-likeness (QED) is 0.348. The van der Waals surface area contributed by atoms with Crippen LogP contribution in [0.3, 0.4) is 0 Å². The zero-order chi connectivity index (χ0) is 14.5. The first kappa shape index (κ1) is 13.8. The van der Waals surface area contributed by atoms with E-state index in [4.69, 9.17) is 10.9 Å². The predicted octanol–water partition coefficient (Wildman–Crippen LogP) is 2.67. The number of nitrogens with two attached hydrogens (primary N) is 1. The fourth-order valence-corrected chi connectivity index (χ4v) is 1.68. The number of hydrogen-bond acceptors (Lipinski definition) is 3. The van der Waals surface area contributed by atoms with Gasteiger partial charge in [0.05, 0.1) is 5.69 Å². The first-order valence-electron chi connectivity index (χ1n) is 5.86. The molecule has 0 fully saturated rings. The third-order valence-corrected chi connectivity index (χ3v) is 2.77. The lowest BCUT2D eigenvalue weighted by Gasteiger charge is -2.08. The van der Waals surface area contributed by atoms with Gasteiger partial charge in [-0.3, -0.25) is 0 Å². The van der Waals surface area contributed by atoms with Crippen molar-refractivity contribution in [2.24, 2.45) is 10.9 Å². The summed E-state index contributed by atoms with van der Waals surface area (Å²) in [6.07, 6.45) is 0. The maximum Gasteiger partial charge on any atom is 0.170 e. The molecule has 0 bridgehead atoms. The maximum atomic E-state index is 13.4. The van der Waals surface area contributed by atoms with E-state index < -0.39 is 11.6 Å². The molecule has 2 aromatic rings. The summed E-state index contributed by atoms with van der Waals surface area (Å²) in [5.41, 5.74) is 7.14. The number of amidine groups is 1. The first-order chi connectivity index (χ1) is 9.60. The van der Waals surface area contributed by atoms with Crippen molar-refractivity contribution in [2.45, 2.75) is 6.54 Å². The van der Waals surface area contributed by atoms with E-state index in [1.807, 2.05) is 0 Å². The van der Waals surface area contributed by atoms with Crippen molar-refractivity contribution in [1.82, 2.24) is 0 Å². The van der Waals surface area contributed by atoms with Gasteiger partial charge >= 0.3 is 0 Å². The van der Waals surface area contributed by atoms with E-state index in [-0.39, 0.29) is 11.5 Å². The Kier molecular flexibility index (Phi) is 4.14. The topological polar surface area (TPSA) is 70.6 Å². The van der Waals surface area contributed by atoms with Crippen LogP contribution in [0.15, 0.2) is 47.6 Å². The van der Waals surface area contributed by atoms with Gasteiger partial charge in [-0.2, -0.15) is 0 Å². The van der Waals surface area contributed by atoms with Crippen molar-refractivity contribution < 1.29 is 14.0 Å². The Morgan fingerprint density at radius 3 is 2.45 bits per heavy atom. The lowest BCUT2D eigenvalue weighted by molar-refractivity contribution is 0.318. The zero-order valence-electron chi connectivity index (χ0n) is 10.5. The number of oxime groups is 1. The largest absolute Gasteiger partial charge is 0.409 e. The molecule has 0 saturated heterocycles. The lowest BCUT2D eigenvalue weighted by atomic mass is 10.1. The third kappa shape index (κ3) is 3.23. The van der Waals surface area contributed by atoms with Gasteiger partial charge in [0.2, 0.25) is 0 Å². The van der Waals surface area contributed by atoms with Gasteiger partial charge in [0.15, 0.2) is 5.84 Å². The second-order valence-electron chi connectivity index (χ2n) is 4.16. The molecule has 0 unspecified atom stereocenters. The first-order valence-corrected chi connectivity index (χ1v) is 5.86. The van der Waals surface area contributed by atoms with Gasteiger partial charge in [0, 0.05) is 18.2 Å². The number of anilines is 1. The van der Waals surface area contributed by atoms with Crippen LogP contribution in [0.25, 0.3) is 0 Å². The highest BCUT2D eigenvalue weighted by Gasteiger charge is 2.04. The Morgan fingerprint density at radius 2 is 1.85 bits per heavy atom. The van der Waals surface area contributed by atoms with Crippen molar-refractivity contribution in [3.05, 3.63) is 65.2 Å². The Balaban J connectivity index is 2.04. The summed E-state index contributed by atoms with van der Waals surface area (Å²) < 4.78 is 26.2. The SMILES string of the molecule is NC(=NO)c1ccc(CNc2ccc(F)cc2F)cc1. The number of benzene rings is 2. The van der Waals surface area contributed by atoms with Crippen molar-refractivity contribution in [2.75, 3.05) is 5.32 Å². The lowest BCUT2D eigenvalue weighted by Crippen LogP contribution is -2.13. The summed E-state index contributed by atoms with van der Waals surface area (Å²) in [6, 6.07) is 10.3. The standard InChI is InChI=1S/C14H13F2N3O/c15-11-5-6-13(12(16)7-11)18-8-9-1-3-10(4-2-9)14(17)19-20/h1-7,18,20H,8H2,(H2,17,19). The predicted molar refractivity (Wildman–Crippen MR) is 72.6 cm³/mol. The number of halogens is 2. The molecule has 0 aliphatic carbocycles. The molecule has 0 saturated carbocycles. The number of hydrogen-bond donors (Lipinski definition) is 3. The normalized spacial score (nSPS) is 11.4. The Hall–Kier alpha value is -2.63. The Labute approximate surface area is 114 Å². The van der Waals surface area contributed by atoms with Gasteiger partial charge in [0.1, 0.15) is 11.6 Å². The van der Waals surface area contributed by atoms with Crippen LogP contribution in [0.1, 0.15) is 11.1 Å². The molecule has 4 N–H and O–H groups in total. The van der Waals surface area contributed by atoms with Crippen LogP contribution < -0.4 is 11.1 Å². The minimum absolute atomic E-state index is 0.0223. The van der Waals surface area contributed by atoms with Gasteiger partial charge in [-0.05, 0) is 17.7 Å². The molecule has 4 nitrogen and oxygen atoms in total. The van der Waals surface area contributed by atoms with E-state index in [2.05, 4.69) is 10.5 Å². The van der Waals surface area contributed by atoms with E-state index >= 15 is 0 Å². The average molecular weight is 277 g/mol. The summed E-state index contributed by atoms with van der Waals surface area (Å²) in [5.74, 6) is -1.23. The molecule has 0 spiro atoms. The van der Waals surface area contributed by atoms with Crippen LogP contribution in [0.5, 0.6) is 0 Å². The number of nitrogens with one attached hydrogen (secondary N) is 1. The third-order valence-electron chi connectivity index (χ3n) is 2.77. The van der Waals surface area contributed by atoms with E-state index in [1.54, 1.807) is 24.3 Å². The highest BCUT2D eigenvalue weighted by molar-refractivity contribution is 5.96. The van der Waals surface area contributed by atoms with Gasteiger partial charge in [0.25, 0.3) is 0 Å².